The smallest absolute Gasteiger partial charge is 0.288 e. The minimum atomic E-state index is -0.415. The van der Waals surface area contributed by atoms with Crippen LogP contribution in [0, 0.1) is 0 Å². The molecule has 0 spiro atoms. The van der Waals surface area contributed by atoms with E-state index in [2.05, 4.69) is 41.4 Å². The normalized spacial score (nSPS) is 11.3. The van der Waals surface area contributed by atoms with Crippen LogP contribution < -0.4 is 21.5 Å². The standard InChI is InChI=1S/C27H29N9O/c1-15(2)28-25-32-26(29-16(3)4)34-27(33-25)36-35-24(37)21-14-19-18-12-8-9-13-20(18)30-23(19)22(31-21)17-10-6-5-7-11-17/h5-16,30H,1-4H3,(H,35,37)(H3,28,29,32,33,34,36). The first-order valence-corrected chi connectivity index (χ1v) is 12.2. The van der Waals surface area contributed by atoms with Gasteiger partial charge in [-0.2, -0.15) is 15.0 Å². The summed E-state index contributed by atoms with van der Waals surface area (Å²) in [5.74, 6) is 0.580. The van der Waals surface area contributed by atoms with Gasteiger partial charge in [-0.25, -0.2) is 4.98 Å². The van der Waals surface area contributed by atoms with Crippen molar-refractivity contribution in [2.75, 3.05) is 16.1 Å². The Kier molecular flexibility index (Phi) is 6.55. The quantitative estimate of drug-likeness (QED) is 0.191. The van der Waals surface area contributed by atoms with Crippen LogP contribution >= 0.6 is 0 Å². The Morgan fingerprint density at radius 3 is 2.05 bits per heavy atom. The van der Waals surface area contributed by atoms with E-state index in [0.717, 1.165) is 27.4 Å². The van der Waals surface area contributed by atoms with Gasteiger partial charge in [0, 0.05) is 33.9 Å². The van der Waals surface area contributed by atoms with E-state index >= 15 is 0 Å². The van der Waals surface area contributed by atoms with Crippen LogP contribution in [0.4, 0.5) is 17.8 Å². The van der Waals surface area contributed by atoms with Crippen LogP contribution in [0.5, 0.6) is 0 Å². The van der Waals surface area contributed by atoms with Crippen molar-refractivity contribution in [3.8, 4) is 11.3 Å². The molecule has 0 radical (unpaired) electrons. The van der Waals surface area contributed by atoms with Gasteiger partial charge in [-0.15, -0.1) is 0 Å². The summed E-state index contributed by atoms with van der Waals surface area (Å²) in [4.78, 5) is 34.6. The number of nitrogens with zero attached hydrogens (tertiary/aromatic N) is 4. The number of para-hydroxylation sites is 1. The highest BCUT2D eigenvalue weighted by atomic mass is 16.2. The van der Waals surface area contributed by atoms with E-state index in [-0.39, 0.29) is 23.7 Å². The molecule has 37 heavy (non-hydrogen) atoms. The first kappa shape index (κ1) is 24.0. The summed E-state index contributed by atoms with van der Waals surface area (Å²) in [5.41, 5.74) is 9.24. The third kappa shape index (κ3) is 5.27. The van der Waals surface area contributed by atoms with Crippen molar-refractivity contribution in [1.29, 1.82) is 0 Å². The molecular weight excluding hydrogens is 466 g/mol. The van der Waals surface area contributed by atoms with Gasteiger partial charge < -0.3 is 15.6 Å². The molecule has 0 aliphatic rings. The molecule has 5 aromatic rings. The Morgan fingerprint density at radius 2 is 1.38 bits per heavy atom. The molecule has 2 aromatic carbocycles. The van der Waals surface area contributed by atoms with Gasteiger partial charge in [-0.1, -0.05) is 48.5 Å². The topological polar surface area (TPSA) is 133 Å². The Bertz CT molecular complexity index is 1530. The highest BCUT2D eigenvalue weighted by Crippen LogP contribution is 2.32. The fraction of sp³-hybridized carbons (Fsp3) is 0.222. The Labute approximate surface area is 214 Å². The predicted molar refractivity (Wildman–Crippen MR) is 147 cm³/mol. The molecule has 0 unspecified atom stereocenters. The van der Waals surface area contributed by atoms with E-state index in [4.69, 9.17) is 4.98 Å². The van der Waals surface area contributed by atoms with Crippen molar-refractivity contribution in [3.05, 3.63) is 66.4 Å². The maximum absolute atomic E-state index is 13.3. The summed E-state index contributed by atoms with van der Waals surface area (Å²) < 4.78 is 0. The van der Waals surface area contributed by atoms with Crippen molar-refractivity contribution in [1.82, 2.24) is 30.3 Å². The number of aromatic amines is 1. The Morgan fingerprint density at radius 1 is 0.757 bits per heavy atom. The summed E-state index contributed by atoms with van der Waals surface area (Å²) in [6.07, 6.45) is 0. The molecule has 0 aliphatic heterocycles. The van der Waals surface area contributed by atoms with Gasteiger partial charge in [0.15, 0.2) is 0 Å². The maximum atomic E-state index is 13.3. The van der Waals surface area contributed by atoms with Crippen LogP contribution in [0.25, 0.3) is 33.1 Å². The van der Waals surface area contributed by atoms with Crippen LogP contribution in [0.3, 0.4) is 0 Å². The van der Waals surface area contributed by atoms with Gasteiger partial charge in [0.25, 0.3) is 5.91 Å². The molecule has 10 heteroatoms. The monoisotopic (exact) mass is 495 g/mol. The zero-order valence-electron chi connectivity index (χ0n) is 21.1. The third-order valence-electron chi connectivity index (χ3n) is 5.54. The highest BCUT2D eigenvalue weighted by molar-refractivity contribution is 6.13. The van der Waals surface area contributed by atoms with Crippen LogP contribution in [-0.2, 0) is 0 Å². The molecule has 188 valence electrons. The summed E-state index contributed by atoms with van der Waals surface area (Å²) in [6, 6.07) is 19.8. The number of aromatic nitrogens is 5. The van der Waals surface area contributed by atoms with Crippen LogP contribution in [0.15, 0.2) is 60.7 Å². The second kappa shape index (κ2) is 10.1. The number of fused-ring (bicyclic) bond motifs is 3. The summed E-state index contributed by atoms with van der Waals surface area (Å²) in [6.45, 7) is 7.96. The Balaban J connectivity index is 1.48. The SMILES string of the molecule is CC(C)Nc1nc(NNC(=O)c2cc3c([nH]c4ccccc43)c(-c3ccccc3)n2)nc(NC(C)C)n1. The van der Waals surface area contributed by atoms with E-state index in [9.17, 15) is 4.79 Å². The lowest BCUT2D eigenvalue weighted by Crippen LogP contribution is -2.31. The van der Waals surface area contributed by atoms with Gasteiger partial charge in [0.2, 0.25) is 17.8 Å². The molecule has 3 heterocycles. The van der Waals surface area contributed by atoms with Gasteiger partial charge >= 0.3 is 0 Å². The third-order valence-corrected chi connectivity index (χ3v) is 5.54. The zero-order valence-corrected chi connectivity index (χ0v) is 21.1. The second-order valence-electron chi connectivity index (χ2n) is 9.30. The van der Waals surface area contributed by atoms with Crippen molar-refractivity contribution < 1.29 is 4.79 Å². The number of nitrogens with one attached hydrogen (secondary N) is 5. The van der Waals surface area contributed by atoms with E-state index < -0.39 is 5.91 Å². The average molecular weight is 496 g/mol. The summed E-state index contributed by atoms with van der Waals surface area (Å²) in [7, 11) is 0. The number of amides is 1. The molecule has 0 saturated heterocycles. The van der Waals surface area contributed by atoms with Gasteiger partial charge in [-0.05, 0) is 39.8 Å². The number of carbonyl (C=O) groups is 1. The molecule has 1 amide bonds. The largest absolute Gasteiger partial charge is 0.353 e. The number of rotatable bonds is 8. The first-order chi connectivity index (χ1) is 17.9. The molecule has 5 rings (SSSR count). The number of H-pyrrole nitrogens is 1. The molecule has 5 N–H and O–H groups in total. The predicted octanol–water partition coefficient (Wildman–Crippen LogP) is 4.97. The fourth-order valence-electron chi connectivity index (χ4n) is 4.02. The van der Waals surface area contributed by atoms with Crippen LogP contribution in [0.2, 0.25) is 0 Å². The van der Waals surface area contributed by atoms with E-state index in [1.165, 1.54) is 0 Å². The molecule has 0 saturated carbocycles. The molecule has 10 nitrogen and oxygen atoms in total. The lowest BCUT2D eigenvalue weighted by Gasteiger charge is -2.14. The lowest BCUT2D eigenvalue weighted by molar-refractivity contribution is 0.0957. The number of carbonyl (C=O) groups excluding carboxylic acids is 1. The maximum Gasteiger partial charge on any atom is 0.288 e. The van der Waals surface area contributed by atoms with Crippen molar-refractivity contribution in [2.45, 2.75) is 39.8 Å². The van der Waals surface area contributed by atoms with Gasteiger partial charge in [-0.3, -0.25) is 15.6 Å². The Hall–Kier alpha value is -4.73. The molecule has 3 aromatic heterocycles. The second-order valence-corrected chi connectivity index (χ2v) is 9.30. The number of pyridine rings is 1. The van der Waals surface area contributed by atoms with Gasteiger partial charge in [0.1, 0.15) is 5.69 Å². The minimum absolute atomic E-state index is 0.125. The van der Waals surface area contributed by atoms with Gasteiger partial charge in [0.05, 0.1) is 11.2 Å². The minimum Gasteiger partial charge on any atom is -0.353 e. The summed E-state index contributed by atoms with van der Waals surface area (Å²) >= 11 is 0. The number of hydrogen-bond donors (Lipinski definition) is 5. The highest BCUT2D eigenvalue weighted by Gasteiger charge is 2.17. The number of benzene rings is 2. The summed E-state index contributed by atoms with van der Waals surface area (Å²) in [5, 5.41) is 8.27. The lowest BCUT2D eigenvalue weighted by atomic mass is 10.1. The number of anilines is 3. The van der Waals surface area contributed by atoms with Crippen molar-refractivity contribution in [2.24, 2.45) is 0 Å². The molecular formula is C27H29N9O. The molecule has 0 fully saturated rings. The first-order valence-electron chi connectivity index (χ1n) is 12.2. The number of hydrazine groups is 1. The van der Waals surface area contributed by atoms with E-state index in [1.54, 1.807) is 6.07 Å². The molecule has 0 bridgehead atoms. The average Bonchev–Trinajstić information content (AvgIpc) is 3.25. The fourth-order valence-corrected chi connectivity index (χ4v) is 4.02. The molecule has 0 atom stereocenters. The van der Waals surface area contributed by atoms with Crippen molar-refractivity contribution in [3.63, 3.8) is 0 Å². The van der Waals surface area contributed by atoms with Crippen LogP contribution in [0.1, 0.15) is 38.2 Å². The zero-order chi connectivity index (χ0) is 25.9. The van der Waals surface area contributed by atoms with Crippen molar-refractivity contribution >= 4 is 45.6 Å². The van der Waals surface area contributed by atoms with E-state index in [1.807, 2.05) is 82.3 Å². The number of hydrogen-bond acceptors (Lipinski definition) is 8. The molecule has 0 aliphatic carbocycles. The van der Waals surface area contributed by atoms with Crippen LogP contribution in [-0.4, -0.2) is 42.9 Å². The van der Waals surface area contributed by atoms with E-state index in [0.29, 0.717) is 17.6 Å².